The molecular formula is C13H6ClF3N2O5. The molecular weight excluding hydrogens is 357 g/mol. The van der Waals surface area contributed by atoms with Gasteiger partial charge in [0, 0.05) is 6.20 Å². The average Bonchev–Trinajstić information content (AvgIpc) is 2.47. The van der Waals surface area contributed by atoms with E-state index >= 15 is 0 Å². The molecule has 11 heteroatoms. The number of hydrogen-bond donors (Lipinski definition) is 1. The van der Waals surface area contributed by atoms with Gasteiger partial charge in [-0.15, -0.1) is 0 Å². The Hall–Kier alpha value is -2.88. The van der Waals surface area contributed by atoms with Crippen molar-refractivity contribution in [3.8, 4) is 11.6 Å². The van der Waals surface area contributed by atoms with Gasteiger partial charge in [-0.3, -0.25) is 10.1 Å². The number of hydrogen-bond acceptors (Lipinski definition) is 5. The van der Waals surface area contributed by atoms with Gasteiger partial charge in [-0.25, -0.2) is 9.78 Å². The van der Waals surface area contributed by atoms with Crippen LogP contribution in [0.15, 0.2) is 30.5 Å². The van der Waals surface area contributed by atoms with Crippen LogP contribution in [0.1, 0.15) is 15.9 Å². The molecule has 0 aliphatic rings. The lowest BCUT2D eigenvalue weighted by molar-refractivity contribution is -0.386. The Labute approximate surface area is 136 Å². The van der Waals surface area contributed by atoms with Gasteiger partial charge in [0.05, 0.1) is 10.5 Å². The maximum absolute atomic E-state index is 12.5. The van der Waals surface area contributed by atoms with E-state index in [1.807, 2.05) is 0 Å². The number of carboxylic acid groups (broad SMARTS) is 1. The van der Waals surface area contributed by atoms with Crippen LogP contribution >= 0.6 is 11.6 Å². The van der Waals surface area contributed by atoms with Crippen LogP contribution in [0.2, 0.25) is 5.02 Å². The number of benzene rings is 1. The Morgan fingerprint density at radius 3 is 2.54 bits per heavy atom. The average molecular weight is 363 g/mol. The van der Waals surface area contributed by atoms with E-state index in [2.05, 4.69) is 4.98 Å². The molecule has 0 aliphatic carbocycles. The zero-order valence-corrected chi connectivity index (χ0v) is 12.1. The Morgan fingerprint density at radius 1 is 1.38 bits per heavy atom. The molecule has 1 aromatic carbocycles. The van der Waals surface area contributed by atoms with Crippen LogP contribution in [0.25, 0.3) is 0 Å². The van der Waals surface area contributed by atoms with Gasteiger partial charge in [-0.05, 0) is 18.2 Å². The molecule has 1 N–H and O–H groups in total. The minimum absolute atomic E-state index is 0.439. The molecule has 2 aromatic rings. The molecule has 0 saturated carbocycles. The third kappa shape index (κ3) is 3.54. The fraction of sp³-hybridized carbons (Fsp3) is 0.0769. The van der Waals surface area contributed by atoms with E-state index in [0.717, 1.165) is 12.1 Å². The summed E-state index contributed by atoms with van der Waals surface area (Å²) < 4.78 is 42.7. The summed E-state index contributed by atoms with van der Waals surface area (Å²) in [6.45, 7) is 0. The maximum Gasteiger partial charge on any atom is 0.417 e. The Balaban J connectivity index is 2.47. The van der Waals surface area contributed by atoms with Gasteiger partial charge in [0.2, 0.25) is 11.6 Å². The number of aromatic carboxylic acids is 1. The van der Waals surface area contributed by atoms with Crippen LogP contribution < -0.4 is 4.74 Å². The number of alkyl halides is 3. The van der Waals surface area contributed by atoms with Gasteiger partial charge in [0.25, 0.3) is 0 Å². The van der Waals surface area contributed by atoms with E-state index in [1.54, 1.807) is 0 Å². The minimum atomic E-state index is -4.68. The largest absolute Gasteiger partial charge is 0.477 e. The number of halogens is 4. The highest BCUT2D eigenvalue weighted by Crippen LogP contribution is 2.38. The van der Waals surface area contributed by atoms with Gasteiger partial charge in [0.15, 0.2) is 0 Å². The second-order valence-corrected chi connectivity index (χ2v) is 4.73. The third-order valence-electron chi connectivity index (χ3n) is 2.75. The summed E-state index contributed by atoms with van der Waals surface area (Å²) in [5, 5.41) is 19.5. The molecule has 1 aromatic heterocycles. The van der Waals surface area contributed by atoms with E-state index < -0.39 is 50.5 Å². The summed E-state index contributed by atoms with van der Waals surface area (Å²) in [5.41, 5.74) is -2.66. The molecule has 0 bridgehead atoms. The third-order valence-corrected chi connectivity index (χ3v) is 3.02. The number of pyridine rings is 1. The molecule has 126 valence electrons. The van der Waals surface area contributed by atoms with Crippen molar-refractivity contribution in [2.45, 2.75) is 6.18 Å². The Bertz CT molecular complexity index is 826. The van der Waals surface area contributed by atoms with E-state index in [0.29, 0.717) is 12.3 Å². The number of rotatable bonds is 4. The quantitative estimate of drug-likeness (QED) is 0.647. The van der Waals surface area contributed by atoms with Gasteiger partial charge < -0.3 is 9.84 Å². The highest BCUT2D eigenvalue weighted by Gasteiger charge is 2.32. The van der Waals surface area contributed by atoms with Crippen LogP contribution in [0, 0.1) is 10.1 Å². The van der Waals surface area contributed by atoms with Crippen molar-refractivity contribution in [2.75, 3.05) is 0 Å². The summed E-state index contributed by atoms with van der Waals surface area (Å²) in [6, 6.07) is 3.76. The summed E-state index contributed by atoms with van der Waals surface area (Å²) in [5.74, 6) is -2.62. The number of carbonyl (C=O) groups is 1. The second kappa shape index (κ2) is 6.32. The first-order chi connectivity index (χ1) is 11.1. The fourth-order valence-corrected chi connectivity index (χ4v) is 1.93. The van der Waals surface area contributed by atoms with Crippen LogP contribution in [0.4, 0.5) is 18.9 Å². The predicted molar refractivity (Wildman–Crippen MR) is 74.4 cm³/mol. The Morgan fingerprint density at radius 2 is 2.04 bits per heavy atom. The topological polar surface area (TPSA) is 103 Å². The zero-order chi connectivity index (χ0) is 18.1. The molecule has 0 unspecified atom stereocenters. The maximum atomic E-state index is 12.5. The van der Waals surface area contributed by atoms with Gasteiger partial charge in [-0.2, -0.15) is 13.2 Å². The lowest BCUT2D eigenvalue weighted by Gasteiger charge is -2.10. The van der Waals surface area contributed by atoms with Crippen molar-refractivity contribution in [2.24, 2.45) is 0 Å². The van der Waals surface area contributed by atoms with Crippen molar-refractivity contribution in [3.63, 3.8) is 0 Å². The number of ether oxygens (including phenoxy) is 1. The van der Waals surface area contributed by atoms with Gasteiger partial charge in [-0.1, -0.05) is 17.7 Å². The second-order valence-electron chi connectivity index (χ2n) is 4.33. The fourth-order valence-electron chi connectivity index (χ4n) is 1.73. The van der Waals surface area contributed by atoms with Crippen LogP contribution in [-0.4, -0.2) is 21.0 Å². The molecule has 0 amide bonds. The number of para-hydroxylation sites is 1. The number of carboxylic acids is 1. The standard InChI is InChI=1S/C13H6ClF3N2O5/c14-8-4-6(13(15,16)17)5-18-11(8)24-9-3-1-2-7(12(20)21)10(9)19(22)23/h1-5H,(H,20,21). The highest BCUT2D eigenvalue weighted by atomic mass is 35.5. The van der Waals surface area contributed by atoms with Crippen molar-refractivity contribution in [1.82, 2.24) is 4.98 Å². The first-order valence-electron chi connectivity index (χ1n) is 6.02. The monoisotopic (exact) mass is 362 g/mol. The van der Waals surface area contributed by atoms with Crippen molar-refractivity contribution >= 4 is 23.3 Å². The summed E-state index contributed by atoms with van der Waals surface area (Å²) in [4.78, 5) is 24.5. The lowest BCUT2D eigenvalue weighted by atomic mass is 10.1. The molecule has 24 heavy (non-hydrogen) atoms. The zero-order valence-electron chi connectivity index (χ0n) is 11.4. The minimum Gasteiger partial charge on any atom is -0.477 e. The molecule has 1 heterocycles. The Kier molecular flexibility index (Phi) is 4.60. The summed E-state index contributed by atoms with van der Waals surface area (Å²) in [6.07, 6.45) is -4.24. The van der Waals surface area contributed by atoms with Gasteiger partial charge >= 0.3 is 17.8 Å². The van der Waals surface area contributed by atoms with E-state index in [-0.39, 0.29) is 0 Å². The SMILES string of the molecule is O=C(O)c1cccc(Oc2ncc(C(F)(F)F)cc2Cl)c1[N+](=O)[O-]. The van der Waals surface area contributed by atoms with Crippen LogP contribution in [-0.2, 0) is 6.18 Å². The number of nitrogens with zero attached hydrogens (tertiary/aromatic N) is 2. The molecule has 0 spiro atoms. The summed E-state index contributed by atoms with van der Waals surface area (Å²) in [7, 11) is 0. The smallest absolute Gasteiger partial charge is 0.417 e. The van der Waals surface area contributed by atoms with Gasteiger partial charge in [0.1, 0.15) is 10.6 Å². The van der Waals surface area contributed by atoms with Crippen molar-refractivity contribution < 1.29 is 32.7 Å². The number of nitro groups is 1. The molecule has 0 fully saturated rings. The summed E-state index contributed by atoms with van der Waals surface area (Å²) >= 11 is 5.65. The van der Waals surface area contributed by atoms with Crippen molar-refractivity contribution in [1.29, 1.82) is 0 Å². The van der Waals surface area contributed by atoms with Crippen molar-refractivity contribution in [3.05, 3.63) is 56.7 Å². The number of aromatic nitrogens is 1. The molecule has 7 nitrogen and oxygen atoms in total. The van der Waals surface area contributed by atoms with E-state index in [4.69, 9.17) is 21.4 Å². The molecule has 2 rings (SSSR count). The molecule has 0 atom stereocenters. The molecule has 0 radical (unpaired) electrons. The first-order valence-corrected chi connectivity index (χ1v) is 6.40. The molecule has 0 aliphatic heterocycles. The number of nitro benzene ring substituents is 1. The normalized spacial score (nSPS) is 11.2. The van der Waals surface area contributed by atoms with E-state index in [1.165, 1.54) is 6.07 Å². The van der Waals surface area contributed by atoms with Crippen LogP contribution in [0.5, 0.6) is 11.6 Å². The highest BCUT2D eigenvalue weighted by molar-refractivity contribution is 6.31. The first kappa shape index (κ1) is 17.5. The lowest BCUT2D eigenvalue weighted by Crippen LogP contribution is -2.07. The van der Waals surface area contributed by atoms with E-state index in [9.17, 15) is 28.1 Å². The van der Waals surface area contributed by atoms with Crippen LogP contribution in [0.3, 0.4) is 0 Å². The molecule has 0 saturated heterocycles. The predicted octanol–water partition coefficient (Wildman–Crippen LogP) is 4.15.